The maximum Gasteiger partial charge on any atom is 0.306 e. The summed E-state index contributed by atoms with van der Waals surface area (Å²) in [5.41, 5.74) is 0. The molecular weight excluding hydrogens is 1000 g/mol. The van der Waals surface area contributed by atoms with Crippen LogP contribution in [-0.2, 0) is 19.1 Å². The summed E-state index contributed by atoms with van der Waals surface area (Å²) < 4.78 is 10.7. The van der Waals surface area contributed by atoms with Gasteiger partial charge in [0, 0.05) is 12.8 Å². The Balaban J connectivity index is 3.63. The van der Waals surface area contributed by atoms with Crippen LogP contribution in [0, 0.1) is 0 Å². The van der Waals surface area contributed by atoms with E-state index in [1.807, 2.05) is 0 Å². The van der Waals surface area contributed by atoms with Crippen molar-refractivity contribution < 1.29 is 24.2 Å². The van der Waals surface area contributed by atoms with E-state index in [-0.39, 0.29) is 31.6 Å². The van der Waals surface area contributed by atoms with Crippen LogP contribution in [0.4, 0.5) is 0 Å². The largest absolute Gasteiger partial charge is 0.462 e. The summed E-state index contributed by atoms with van der Waals surface area (Å²) in [6.45, 7) is 3.86. The molecule has 0 fully saturated rings. The summed E-state index contributed by atoms with van der Waals surface area (Å²) in [5.74, 6) is -0.674. The molecule has 0 aliphatic rings. The summed E-state index contributed by atoms with van der Waals surface area (Å²) in [4.78, 5) is 24.6. The Hall–Kier alpha value is -5.52. The quantitative estimate of drug-likeness (QED) is 0.0373. The summed E-state index contributed by atoms with van der Waals surface area (Å²) >= 11 is 0. The third kappa shape index (κ3) is 67.0. The van der Waals surface area contributed by atoms with Gasteiger partial charge in [0.1, 0.15) is 6.61 Å². The molecule has 5 nitrogen and oxygen atoms in total. The van der Waals surface area contributed by atoms with Crippen molar-refractivity contribution in [1.82, 2.24) is 0 Å². The normalized spacial score (nSPS) is 13.6. The number of allylic oxidation sites excluding steroid dienone is 34. The van der Waals surface area contributed by atoms with Gasteiger partial charge in [-0.1, -0.05) is 297 Å². The van der Waals surface area contributed by atoms with Gasteiger partial charge in [-0.3, -0.25) is 9.59 Å². The van der Waals surface area contributed by atoms with E-state index in [1.54, 1.807) is 0 Å². The molecule has 0 bridgehead atoms. The van der Waals surface area contributed by atoms with Crippen LogP contribution < -0.4 is 0 Å². The first-order valence-electron chi connectivity index (χ1n) is 32.6. The maximum absolute atomic E-state index is 12.3. The number of esters is 2. The van der Waals surface area contributed by atoms with Gasteiger partial charge < -0.3 is 14.6 Å². The molecule has 5 heteroatoms. The zero-order valence-electron chi connectivity index (χ0n) is 52.2. The van der Waals surface area contributed by atoms with Crippen LogP contribution in [0.1, 0.15) is 245 Å². The molecule has 456 valence electrons. The average molecular weight is 1120 g/mol. The second kappa shape index (κ2) is 69.7. The Morgan fingerprint density at radius 1 is 0.280 bits per heavy atom. The van der Waals surface area contributed by atoms with Gasteiger partial charge in [-0.15, -0.1) is 0 Å². The Kier molecular flexibility index (Phi) is 65.1. The number of aliphatic hydroxyl groups is 1. The molecule has 0 saturated heterocycles. The van der Waals surface area contributed by atoms with Crippen molar-refractivity contribution in [3.8, 4) is 0 Å². The van der Waals surface area contributed by atoms with Crippen LogP contribution in [0.2, 0.25) is 0 Å². The van der Waals surface area contributed by atoms with E-state index in [9.17, 15) is 14.7 Å². The van der Waals surface area contributed by atoms with Gasteiger partial charge in [-0.25, -0.2) is 0 Å². The first-order valence-corrected chi connectivity index (χ1v) is 32.6. The molecule has 0 amide bonds. The standard InChI is InChI=1S/C77H118O5/c1-3-5-7-9-11-13-15-17-19-21-23-25-27-29-31-33-34-35-36-37-38-39-40-41-42-44-45-47-49-51-53-55-57-59-61-63-65-67-69-71-76(79)81-74-75(73-78)82-77(80)72-70-68-66-64-62-60-58-56-54-52-50-48-46-43-32-30-28-26-24-22-20-18-16-14-12-10-8-6-4-2/h5-8,11-14,17-20,23-26,29-32,34-35,37-38,40-41,46,48,52,54,58,60,64,66,75,78H,3-4,9-10,15-16,21-22,27-28,33,36,39,42-45,47,49-51,53,55-57,59,61-63,65,67-74H2,1-2H3/b7-5-,8-6-,13-11-,14-12-,19-17-,20-18-,25-23-,26-24-,31-29-,32-30-,35-34-,38-37-,41-40-,48-46-,54-52-,60-58-,66-64-. The lowest BCUT2D eigenvalue weighted by Gasteiger charge is -2.15. The highest BCUT2D eigenvalue weighted by molar-refractivity contribution is 5.70. The van der Waals surface area contributed by atoms with Gasteiger partial charge in [-0.05, 0) is 141 Å². The number of rotatable bonds is 57. The van der Waals surface area contributed by atoms with Gasteiger partial charge in [0.2, 0.25) is 0 Å². The molecule has 0 spiro atoms. The summed E-state index contributed by atoms with van der Waals surface area (Å²) in [5, 5.41) is 9.68. The minimum absolute atomic E-state index is 0.102. The van der Waals surface area contributed by atoms with Crippen molar-refractivity contribution in [2.45, 2.75) is 251 Å². The summed E-state index contributed by atoms with van der Waals surface area (Å²) in [6, 6.07) is 0. The average Bonchev–Trinajstić information content (AvgIpc) is 3.49. The zero-order chi connectivity index (χ0) is 59.1. The number of carbonyl (C=O) groups is 2. The van der Waals surface area contributed by atoms with E-state index in [0.29, 0.717) is 12.8 Å². The molecule has 1 unspecified atom stereocenters. The molecule has 0 saturated carbocycles. The van der Waals surface area contributed by atoms with Gasteiger partial charge in [0.05, 0.1) is 6.61 Å². The minimum atomic E-state index is -0.820. The molecule has 0 aromatic carbocycles. The highest BCUT2D eigenvalue weighted by Crippen LogP contribution is 2.15. The highest BCUT2D eigenvalue weighted by atomic mass is 16.6. The van der Waals surface area contributed by atoms with Gasteiger partial charge in [0.15, 0.2) is 6.10 Å². The molecule has 0 heterocycles. The van der Waals surface area contributed by atoms with Gasteiger partial charge in [-0.2, -0.15) is 0 Å². The fraction of sp³-hybridized carbons (Fsp3) is 0.532. The van der Waals surface area contributed by atoms with Crippen LogP contribution in [0.15, 0.2) is 207 Å². The second-order valence-corrected chi connectivity index (χ2v) is 20.7. The third-order valence-corrected chi connectivity index (χ3v) is 13.1. The van der Waals surface area contributed by atoms with Crippen molar-refractivity contribution in [1.29, 1.82) is 0 Å². The predicted molar refractivity (Wildman–Crippen MR) is 361 cm³/mol. The molecule has 1 N–H and O–H groups in total. The first-order chi connectivity index (χ1) is 40.6. The Bertz CT molecular complexity index is 1950. The van der Waals surface area contributed by atoms with Crippen LogP contribution in [0.3, 0.4) is 0 Å². The molecule has 0 aliphatic heterocycles. The molecule has 0 radical (unpaired) electrons. The SMILES string of the molecule is CC/C=C\C/C=C\C/C=C\C/C=C\C/C=C\C/C=C\C/C=C\C/C=C\C/C=C\CCCC(=O)OC(CO)COC(=O)CCCCCCCCCCCCCCCC/C=C\C/C=C\C/C=C\C/C=C\C/C=C\C/C=C\C/C=C\C/C=C\CC. The monoisotopic (exact) mass is 1120 g/mol. The smallest absolute Gasteiger partial charge is 0.306 e. The summed E-state index contributed by atoms with van der Waals surface area (Å²) in [7, 11) is 0. The lowest BCUT2D eigenvalue weighted by molar-refractivity contribution is -0.161. The predicted octanol–water partition coefficient (Wildman–Crippen LogP) is 23.0. The number of hydrogen-bond acceptors (Lipinski definition) is 5. The minimum Gasteiger partial charge on any atom is -0.462 e. The third-order valence-electron chi connectivity index (χ3n) is 13.1. The first kappa shape index (κ1) is 76.5. The molecular formula is C77H118O5. The van der Waals surface area contributed by atoms with Crippen molar-refractivity contribution in [2.24, 2.45) is 0 Å². The van der Waals surface area contributed by atoms with E-state index < -0.39 is 6.10 Å². The molecule has 1 atom stereocenters. The Labute approximate surface area is 504 Å². The fourth-order valence-electron chi connectivity index (χ4n) is 8.28. The van der Waals surface area contributed by atoms with E-state index in [4.69, 9.17) is 9.47 Å². The van der Waals surface area contributed by atoms with E-state index in [1.165, 1.54) is 77.0 Å². The fourth-order valence-corrected chi connectivity index (χ4v) is 8.28. The van der Waals surface area contributed by atoms with Crippen LogP contribution >= 0.6 is 0 Å². The van der Waals surface area contributed by atoms with Crippen molar-refractivity contribution in [3.63, 3.8) is 0 Å². The molecule has 82 heavy (non-hydrogen) atoms. The van der Waals surface area contributed by atoms with Gasteiger partial charge in [0.25, 0.3) is 0 Å². The van der Waals surface area contributed by atoms with E-state index in [0.717, 1.165) is 135 Å². The zero-order valence-corrected chi connectivity index (χ0v) is 52.2. The molecule has 0 aliphatic carbocycles. The Morgan fingerprint density at radius 3 is 0.768 bits per heavy atom. The van der Waals surface area contributed by atoms with Crippen LogP contribution in [0.5, 0.6) is 0 Å². The van der Waals surface area contributed by atoms with Gasteiger partial charge >= 0.3 is 11.9 Å². The maximum atomic E-state index is 12.3. The van der Waals surface area contributed by atoms with E-state index in [2.05, 4.69) is 220 Å². The molecule has 0 aromatic rings. The molecule has 0 rings (SSSR count). The Morgan fingerprint density at radius 2 is 0.500 bits per heavy atom. The number of unbranched alkanes of at least 4 members (excludes halogenated alkanes) is 15. The number of carbonyl (C=O) groups excluding carboxylic acids is 2. The second-order valence-electron chi connectivity index (χ2n) is 20.7. The van der Waals surface area contributed by atoms with Crippen LogP contribution in [0.25, 0.3) is 0 Å². The topological polar surface area (TPSA) is 72.8 Å². The van der Waals surface area contributed by atoms with Crippen molar-refractivity contribution in [3.05, 3.63) is 207 Å². The number of hydrogen-bond donors (Lipinski definition) is 1. The van der Waals surface area contributed by atoms with Crippen molar-refractivity contribution >= 4 is 11.9 Å². The molecule has 0 aromatic heterocycles. The van der Waals surface area contributed by atoms with E-state index >= 15 is 0 Å². The summed E-state index contributed by atoms with van der Waals surface area (Å²) in [6.07, 6.45) is 113. The highest BCUT2D eigenvalue weighted by Gasteiger charge is 2.16. The lowest BCUT2D eigenvalue weighted by atomic mass is 10.0. The number of ether oxygens (including phenoxy) is 2. The lowest BCUT2D eigenvalue weighted by Crippen LogP contribution is -2.28. The van der Waals surface area contributed by atoms with Crippen molar-refractivity contribution in [2.75, 3.05) is 13.2 Å². The van der Waals surface area contributed by atoms with Crippen LogP contribution in [-0.4, -0.2) is 36.4 Å². The number of aliphatic hydroxyl groups excluding tert-OH is 1.